The van der Waals surface area contributed by atoms with Crippen molar-refractivity contribution in [1.82, 2.24) is 0 Å². The summed E-state index contributed by atoms with van der Waals surface area (Å²) in [6.07, 6.45) is 5.30. The lowest BCUT2D eigenvalue weighted by Gasteiger charge is -2.03. The number of Topliss-reactive ketones (excluding diaryl/α,β-unsaturated/α-hetero) is 2. The van der Waals surface area contributed by atoms with Gasteiger partial charge in [-0.1, -0.05) is 35.7 Å². The molecule has 1 aliphatic heterocycles. The maximum Gasteiger partial charge on any atom is 0.198 e. The van der Waals surface area contributed by atoms with Crippen LogP contribution in [0.4, 0.5) is 0 Å². The number of carbonyl (C=O) groups is 2. The van der Waals surface area contributed by atoms with Crippen LogP contribution in [-0.4, -0.2) is 11.6 Å². The molecule has 0 amide bonds. The predicted octanol–water partition coefficient (Wildman–Crippen LogP) is 4.06. The van der Waals surface area contributed by atoms with Gasteiger partial charge in [0.2, 0.25) is 0 Å². The summed E-state index contributed by atoms with van der Waals surface area (Å²) in [4.78, 5) is 25.4. The smallest absolute Gasteiger partial charge is 0.198 e. The van der Waals surface area contributed by atoms with E-state index < -0.39 is 0 Å². The molecule has 0 saturated heterocycles. The first-order chi connectivity index (χ1) is 12.7. The number of rotatable bonds is 0. The van der Waals surface area contributed by atoms with Crippen LogP contribution in [0.25, 0.3) is 9.81 Å². The lowest BCUT2D eigenvalue weighted by molar-refractivity contribution is -0.113. The number of hydrogen-bond acceptors (Lipinski definition) is 6. The molecule has 2 aliphatic carbocycles. The second kappa shape index (κ2) is 6.53. The molecule has 0 saturated carbocycles. The van der Waals surface area contributed by atoms with Crippen molar-refractivity contribution in [2.75, 3.05) is 0 Å². The Morgan fingerprint density at radius 2 is 1.42 bits per heavy atom. The molecule has 2 nitrogen and oxygen atoms in total. The van der Waals surface area contributed by atoms with Crippen molar-refractivity contribution in [3.63, 3.8) is 0 Å². The van der Waals surface area contributed by atoms with Gasteiger partial charge < -0.3 is 0 Å². The molecule has 6 heteroatoms. The van der Waals surface area contributed by atoms with Crippen LogP contribution in [-0.2, 0) is 9.59 Å². The van der Waals surface area contributed by atoms with Gasteiger partial charge in [-0.25, -0.2) is 0 Å². The van der Waals surface area contributed by atoms with Crippen molar-refractivity contribution in [2.24, 2.45) is 0 Å². The summed E-state index contributed by atoms with van der Waals surface area (Å²) >= 11 is 6.78. The molecule has 0 spiro atoms. The maximum atomic E-state index is 12.7. The van der Waals surface area contributed by atoms with E-state index in [-0.39, 0.29) is 11.6 Å². The molecule has 0 N–H and O–H groups in total. The highest BCUT2D eigenvalue weighted by Crippen LogP contribution is 2.38. The Labute approximate surface area is 166 Å². The molecule has 2 aromatic heterocycles. The minimum absolute atomic E-state index is 0.0741. The van der Waals surface area contributed by atoms with Gasteiger partial charge in [0.25, 0.3) is 0 Å². The van der Waals surface area contributed by atoms with Crippen LogP contribution in [0.5, 0.6) is 0 Å². The van der Waals surface area contributed by atoms with Crippen LogP contribution in [0.1, 0.15) is 12.8 Å². The molecular formula is C20H12O2S4. The van der Waals surface area contributed by atoms with E-state index >= 15 is 0 Å². The van der Waals surface area contributed by atoms with Gasteiger partial charge in [0.1, 0.15) is 0 Å². The highest BCUT2D eigenvalue weighted by molar-refractivity contribution is 8.34. The van der Waals surface area contributed by atoms with Crippen LogP contribution < -0.4 is 9.06 Å². The van der Waals surface area contributed by atoms with E-state index in [1.54, 1.807) is 34.9 Å². The van der Waals surface area contributed by atoms with Crippen molar-refractivity contribution in [3.8, 4) is 0 Å². The first-order valence-electron chi connectivity index (χ1n) is 8.14. The van der Waals surface area contributed by atoms with Gasteiger partial charge >= 0.3 is 0 Å². The van der Waals surface area contributed by atoms with Gasteiger partial charge in [-0.15, -0.1) is 22.7 Å². The van der Waals surface area contributed by atoms with Crippen LogP contribution in [0.2, 0.25) is 0 Å². The Bertz CT molecular complexity index is 1260. The largest absolute Gasteiger partial charge is 0.289 e. The predicted molar refractivity (Wildman–Crippen MR) is 112 cm³/mol. The molecule has 0 radical (unpaired) electrons. The van der Waals surface area contributed by atoms with E-state index in [2.05, 4.69) is 22.9 Å². The first-order valence-corrected chi connectivity index (χ1v) is 11.5. The molecule has 128 valence electrons. The van der Waals surface area contributed by atoms with Crippen molar-refractivity contribution < 1.29 is 9.59 Å². The Kier molecular flexibility index (Phi) is 4.16. The highest BCUT2D eigenvalue weighted by Gasteiger charge is 2.35. The van der Waals surface area contributed by atoms with Gasteiger partial charge in [-0.05, 0) is 47.9 Å². The fourth-order valence-corrected chi connectivity index (χ4v) is 7.36. The Morgan fingerprint density at radius 3 is 2.15 bits per heavy atom. The summed E-state index contributed by atoms with van der Waals surface area (Å²) in [6.45, 7) is 0. The fourth-order valence-electron chi connectivity index (χ4n) is 3.23. The molecule has 26 heavy (non-hydrogen) atoms. The topological polar surface area (TPSA) is 34.1 Å². The Hall–Kier alpha value is -1.60. The first kappa shape index (κ1) is 16.6. The third-order valence-corrected chi connectivity index (χ3v) is 9.27. The zero-order valence-electron chi connectivity index (χ0n) is 13.5. The number of allylic oxidation sites excluding steroid dienone is 4. The number of hydrogen-bond donors (Lipinski definition) is 0. The van der Waals surface area contributed by atoms with Gasteiger partial charge in [0.05, 0.1) is 9.81 Å². The SMILES string of the molecule is O=C1C2=C(CCC=C2)C(=O)/C1=c1\cc/c(=c2/ccc(=C3SC=CS3)s2)s1. The van der Waals surface area contributed by atoms with Crippen molar-refractivity contribution in [3.05, 3.63) is 76.5 Å². The van der Waals surface area contributed by atoms with Crippen molar-refractivity contribution in [1.29, 1.82) is 0 Å². The van der Waals surface area contributed by atoms with Gasteiger partial charge in [0.15, 0.2) is 11.6 Å². The second-order valence-electron chi connectivity index (χ2n) is 5.99. The van der Waals surface area contributed by atoms with E-state index in [1.807, 2.05) is 24.3 Å². The van der Waals surface area contributed by atoms with E-state index in [0.717, 1.165) is 15.5 Å². The van der Waals surface area contributed by atoms with E-state index in [4.69, 9.17) is 0 Å². The van der Waals surface area contributed by atoms with Gasteiger partial charge in [0, 0.05) is 29.3 Å². The molecule has 5 rings (SSSR count). The zero-order chi connectivity index (χ0) is 17.7. The summed E-state index contributed by atoms with van der Waals surface area (Å²) in [7, 11) is 0. The van der Waals surface area contributed by atoms with Crippen LogP contribution >= 0.6 is 46.2 Å². The minimum Gasteiger partial charge on any atom is -0.289 e. The number of carbonyl (C=O) groups excluding carboxylic acids is 2. The molecule has 0 aromatic carbocycles. The maximum absolute atomic E-state index is 12.7. The normalized spacial score (nSPS) is 22.7. The summed E-state index contributed by atoms with van der Waals surface area (Å²) in [5.74, 6) is -0.184. The lowest BCUT2D eigenvalue weighted by atomic mass is 10.00. The molecular weight excluding hydrogens is 400 g/mol. The lowest BCUT2D eigenvalue weighted by Crippen LogP contribution is -2.12. The number of ketones is 2. The summed E-state index contributed by atoms with van der Waals surface area (Å²) in [5.41, 5.74) is 1.65. The highest BCUT2D eigenvalue weighted by atomic mass is 32.2. The monoisotopic (exact) mass is 412 g/mol. The van der Waals surface area contributed by atoms with Crippen LogP contribution in [0.3, 0.4) is 0 Å². The van der Waals surface area contributed by atoms with E-state index in [0.29, 0.717) is 23.1 Å². The quantitative estimate of drug-likeness (QED) is 0.653. The molecule has 2 aromatic rings. The van der Waals surface area contributed by atoms with Crippen molar-refractivity contribution in [2.45, 2.75) is 12.8 Å². The third-order valence-electron chi connectivity index (χ3n) is 4.45. The van der Waals surface area contributed by atoms with Crippen LogP contribution in [0, 0.1) is 9.06 Å². The van der Waals surface area contributed by atoms with Gasteiger partial charge in [-0.2, -0.15) is 0 Å². The number of thiophene rings is 2. The van der Waals surface area contributed by atoms with Crippen molar-refractivity contribution >= 4 is 67.6 Å². The molecule has 0 unspecified atom stereocenters. The zero-order valence-corrected chi connectivity index (χ0v) is 16.7. The number of thioether (sulfide) groups is 2. The molecule has 3 heterocycles. The van der Waals surface area contributed by atoms with Gasteiger partial charge in [-0.3, -0.25) is 9.59 Å². The molecule has 0 bridgehead atoms. The second-order valence-corrected chi connectivity index (χ2v) is 10.2. The molecule has 3 aliphatic rings. The average molecular weight is 413 g/mol. The Balaban J connectivity index is 1.67. The summed E-state index contributed by atoms with van der Waals surface area (Å²) in [6, 6.07) is 8.21. The molecule has 0 fully saturated rings. The minimum atomic E-state index is -0.110. The third kappa shape index (κ3) is 2.63. The average Bonchev–Trinajstić information content (AvgIpc) is 3.42. The van der Waals surface area contributed by atoms with E-state index in [9.17, 15) is 9.59 Å². The molecule has 0 atom stereocenters. The summed E-state index contributed by atoms with van der Waals surface area (Å²) < 4.78 is 5.63. The Morgan fingerprint density at radius 1 is 0.769 bits per heavy atom. The fraction of sp³-hybridized carbons (Fsp3) is 0.100. The summed E-state index contributed by atoms with van der Waals surface area (Å²) in [5, 5.41) is 4.19. The standard InChI is InChI=1S/C20H12O2S4/c21-18-11-3-1-2-4-12(11)19(22)17(18)15-7-5-13(25-15)14-6-8-16(26-14)20-23-9-10-24-20/h1,3,5-10H,2,4H2/b14-13+,17-15+. The van der Waals surface area contributed by atoms with Crippen LogP contribution in [0.15, 0.2) is 58.4 Å². The van der Waals surface area contributed by atoms with E-state index in [1.165, 1.54) is 24.6 Å².